The van der Waals surface area contributed by atoms with Crippen molar-refractivity contribution in [3.8, 4) is 0 Å². The summed E-state index contributed by atoms with van der Waals surface area (Å²) in [7, 11) is 0. The van der Waals surface area contributed by atoms with Crippen molar-refractivity contribution in [2.75, 3.05) is 13.1 Å². The minimum atomic E-state index is -0.454. The summed E-state index contributed by atoms with van der Waals surface area (Å²) in [5.74, 6) is 0. The van der Waals surface area contributed by atoms with Crippen molar-refractivity contribution < 1.29 is 14.4 Å². The summed E-state index contributed by atoms with van der Waals surface area (Å²) in [6, 6.07) is 0. The summed E-state index contributed by atoms with van der Waals surface area (Å²) in [5.41, 5.74) is 0.241. The van der Waals surface area contributed by atoms with Gasteiger partial charge in [0.25, 0.3) is 0 Å². The molecule has 0 N–H and O–H groups in total. The number of carbonyl (C=O) groups excluding carboxylic acids is 1. The smallest absolute Gasteiger partial charge is 0.410 e. The molecule has 0 aromatic rings. The third kappa shape index (κ3) is 2.94. The van der Waals surface area contributed by atoms with E-state index in [1.807, 2.05) is 27.7 Å². The SMILES string of the molecule is CC1=NOC2(CCCN(C(=O)OC(C)(C)C)C2)C1. The zero-order valence-corrected chi connectivity index (χ0v) is 11.7. The summed E-state index contributed by atoms with van der Waals surface area (Å²) < 4.78 is 5.40. The molecule has 0 saturated carbocycles. The van der Waals surface area contributed by atoms with Crippen LogP contribution in [-0.4, -0.2) is 41.0 Å². The van der Waals surface area contributed by atoms with Gasteiger partial charge in [-0.2, -0.15) is 0 Å². The second-order valence-electron chi connectivity index (χ2n) is 6.28. The van der Waals surface area contributed by atoms with Crippen LogP contribution in [0.15, 0.2) is 5.16 Å². The van der Waals surface area contributed by atoms with E-state index >= 15 is 0 Å². The van der Waals surface area contributed by atoms with Gasteiger partial charge in [0.1, 0.15) is 5.60 Å². The van der Waals surface area contributed by atoms with E-state index in [4.69, 9.17) is 9.57 Å². The summed E-state index contributed by atoms with van der Waals surface area (Å²) in [5, 5.41) is 4.02. The van der Waals surface area contributed by atoms with Crippen LogP contribution in [0.3, 0.4) is 0 Å². The number of piperidine rings is 1. The third-order valence-electron chi connectivity index (χ3n) is 3.16. The molecule has 2 rings (SSSR count). The van der Waals surface area contributed by atoms with Crippen LogP contribution >= 0.6 is 0 Å². The number of rotatable bonds is 0. The first kappa shape index (κ1) is 13.2. The van der Waals surface area contributed by atoms with E-state index < -0.39 is 5.60 Å². The zero-order chi connectivity index (χ0) is 13.4. The second kappa shape index (κ2) is 4.44. The summed E-state index contributed by atoms with van der Waals surface area (Å²) in [6.45, 7) is 8.90. The fourth-order valence-electron chi connectivity index (χ4n) is 2.50. The topological polar surface area (TPSA) is 51.1 Å². The average Bonchev–Trinajstić information content (AvgIpc) is 2.57. The molecule has 5 heteroatoms. The summed E-state index contributed by atoms with van der Waals surface area (Å²) in [6.07, 6.45) is 2.44. The Labute approximate surface area is 108 Å². The number of ether oxygens (including phenoxy) is 1. The summed E-state index contributed by atoms with van der Waals surface area (Å²) in [4.78, 5) is 19.3. The largest absolute Gasteiger partial charge is 0.444 e. The molecule has 1 fully saturated rings. The minimum absolute atomic E-state index is 0.255. The fraction of sp³-hybridized carbons (Fsp3) is 0.846. The van der Waals surface area contributed by atoms with Crippen LogP contribution in [0.2, 0.25) is 0 Å². The molecule has 1 saturated heterocycles. The van der Waals surface area contributed by atoms with E-state index in [0.29, 0.717) is 6.54 Å². The lowest BCUT2D eigenvalue weighted by atomic mass is 9.89. The Kier molecular flexibility index (Phi) is 3.25. The molecule has 2 aliphatic rings. The van der Waals surface area contributed by atoms with Gasteiger partial charge < -0.3 is 14.5 Å². The number of hydrogen-bond acceptors (Lipinski definition) is 4. The van der Waals surface area contributed by atoms with Gasteiger partial charge in [-0.3, -0.25) is 0 Å². The Bertz CT molecular complexity index is 373. The number of amides is 1. The standard InChI is InChI=1S/C13H22N2O3/c1-10-8-13(18-14-10)6-5-7-15(9-13)11(16)17-12(2,3)4/h5-9H2,1-4H3. The minimum Gasteiger partial charge on any atom is -0.444 e. The second-order valence-corrected chi connectivity index (χ2v) is 6.28. The molecule has 1 unspecified atom stereocenters. The highest BCUT2D eigenvalue weighted by Crippen LogP contribution is 2.33. The van der Waals surface area contributed by atoms with E-state index in [2.05, 4.69) is 5.16 Å². The Morgan fingerprint density at radius 3 is 2.78 bits per heavy atom. The van der Waals surface area contributed by atoms with Crippen molar-refractivity contribution in [1.82, 2.24) is 4.90 Å². The van der Waals surface area contributed by atoms with E-state index in [-0.39, 0.29) is 11.7 Å². The normalized spacial score (nSPS) is 28.0. The molecule has 0 aromatic carbocycles. The Morgan fingerprint density at radius 1 is 1.50 bits per heavy atom. The summed E-state index contributed by atoms with van der Waals surface area (Å²) >= 11 is 0. The van der Waals surface area contributed by atoms with Gasteiger partial charge in [0.05, 0.1) is 12.3 Å². The fourth-order valence-corrected chi connectivity index (χ4v) is 2.50. The maximum Gasteiger partial charge on any atom is 0.410 e. The highest BCUT2D eigenvalue weighted by atomic mass is 16.7. The van der Waals surface area contributed by atoms with Crippen LogP contribution in [-0.2, 0) is 9.57 Å². The van der Waals surface area contributed by atoms with Crippen molar-refractivity contribution in [3.63, 3.8) is 0 Å². The van der Waals surface area contributed by atoms with Crippen LogP contribution in [0.25, 0.3) is 0 Å². The monoisotopic (exact) mass is 254 g/mol. The Hall–Kier alpha value is -1.26. The zero-order valence-electron chi connectivity index (χ0n) is 11.7. The molecule has 0 aliphatic carbocycles. The lowest BCUT2D eigenvalue weighted by Crippen LogP contribution is -2.51. The number of nitrogens with zero attached hydrogens (tertiary/aromatic N) is 2. The molecule has 5 nitrogen and oxygen atoms in total. The van der Waals surface area contributed by atoms with Gasteiger partial charge in [0.15, 0.2) is 5.60 Å². The van der Waals surface area contributed by atoms with Crippen molar-refractivity contribution in [3.05, 3.63) is 0 Å². The molecule has 102 valence electrons. The molecule has 0 aromatic heterocycles. The predicted molar refractivity (Wildman–Crippen MR) is 68.6 cm³/mol. The Balaban J connectivity index is 1.97. The molecule has 1 spiro atoms. The van der Waals surface area contributed by atoms with Gasteiger partial charge >= 0.3 is 6.09 Å². The van der Waals surface area contributed by atoms with E-state index in [0.717, 1.165) is 31.5 Å². The molecule has 0 radical (unpaired) electrons. The molecule has 1 amide bonds. The van der Waals surface area contributed by atoms with Crippen molar-refractivity contribution >= 4 is 11.8 Å². The van der Waals surface area contributed by atoms with Crippen molar-refractivity contribution in [2.45, 2.75) is 58.2 Å². The first-order valence-electron chi connectivity index (χ1n) is 6.49. The first-order valence-corrected chi connectivity index (χ1v) is 6.49. The van der Waals surface area contributed by atoms with Gasteiger partial charge in [-0.1, -0.05) is 5.16 Å². The molecular weight excluding hydrogens is 232 g/mol. The maximum absolute atomic E-state index is 12.0. The number of carbonyl (C=O) groups is 1. The molecule has 1 atom stereocenters. The van der Waals surface area contributed by atoms with Gasteiger partial charge in [-0.25, -0.2) is 4.79 Å². The molecule has 2 aliphatic heterocycles. The van der Waals surface area contributed by atoms with E-state index in [9.17, 15) is 4.79 Å². The Morgan fingerprint density at radius 2 is 2.22 bits per heavy atom. The lowest BCUT2D eigenvalue weighted by Gasteiger charge is -2.38. The van der Waals surface area contributed by atoms with Gasteiger partial charge in [0, 0.05) is 13.0 Å². The highest BCUT2D eigenvalue weighted by Gasteiger charge is 2.43. The number of hydrogen-bond donors (Lipinski definition) is 0. The number of likely N-dealkylation sites (tertiary alicyclic amines) is 1. The van der Waals surface area contributed by atoms with Gasteiger partial charge in [-0.15, -0.1) is 0 Å². The highest BCUT2D eigenvalue weighted by molar-refractivity contribution is 5.83. The molecular formula is C13H22N2O3. The third-order valence-corrected chi connectivity index (χ3v) is 3.16. The van der Waals surface area contributed by atoms with Crippen molar-refractivity contribution in [1.29, 1.82) is 0 Å². The van der Waals surface area contributed by atoms with Crippen molar-refractivity contribution in [2.24, 2.45) is 5.16 Å². The van der Waals surface area contributed by atoms with Crippen LogP contribution in [0.4, 0.5) is 4.79 Å². The maximum atomic E-state index is 12.0. The molecule has 2 heterocycles. The quantitative estimate of drug-likeness (QED) is 0.667. The predicted octanol–water partition coefficient (Wildman–Crippen LogP) is 2.55. The van der Waals surface area contributed by atoms with Crippen LogP contribution in [0, 0.1) is 0 Å². The average molecular weight is 254 g/mol. The lowest BCUT2D eigenvalue weighted by molar-refractivity contribution is -0.0719. The molecule has 18 heavy (non-hydrogen) atoms. The van der Waals surface area contributed by atoms with Gasteiger partial charge in [0.2, 0.25) is 0 Å². The molecule has 0 bridgehead atoms. The van der Waals surface area contributed by atoms with E-state index in [1.54, 1.807) is 4.90 Å². The van der Waals surface area contributed by atoms with Gasteiger partial charge in [-0.05, 0) is 40.5 Å². The van der Waals surface area contributed by atoms with Crippen LogP contribution in [0.5, 0.6) is 0 Å². The number of oxime groups is 1. The first-order chi connectivity index (χ1) is 8.30. The van der Waals surface area contributed by atoms with Crippen LogP contribution in [0.1, 0.15) is 47.0 Å². The van der Waals surface area contributed by atoms with Crippen LogP contribution < -0.4 is 0 Å². The van der Waals surface area contributed by atoms with E-state index in [1.165, 1.54) is 0 Å².